The van der Waals surface area contributed by atoms with Crippen LogP contribution in [0, 0.1) is 6.92 Å². The van der Waals surface area contributed by atoms with Crippen LogP contribution in [-0.4, -0.2) is 15.1 Å². The number of hydrogen-bond donors (Lipinski definition) is 2. The number of aromatic nitrogens is 2. The molecule has 2 N–H and O–H groups in total. The average molecular weight is 307 g/mol. The first-order valence-electron chi connectivity index (χ1n) is 6.17. The molecule has 2 rings (SSSR count). The lowest BCUT2D eigenvalue weighted by atomic mass is 10.1. The van der Waals surface area contributed by atoms with Crippen LogP contribution in [0.2, 0.25) is 5.02 Å². The number of halogens is 1. The molecule has 4 nitrogen and oxygen atoms in total. The van der Waals surface area contributed by atoms with Gasteiger partial charge in [0.2, 0.25) is 5.95 Å². The van der Waals surface area contributed by atoms with Gasteiger partial charge in [-0.05, 0) is 49.8 Å². The quantitative estimate of drug-likeness (QED) is 0.850. The van der Waals surface area contributed by atoms with Gasteiger partial charge in [-0.2, -0.15) is 0 Å². The van der Waals surface area contributed by atoms with E-state index in [4.69, 9.17) is 23.8 Å². The molecule has 0 amide bonds. The van der Waals surface area contributed by atoms with Crippen molar-refractivity contribution in [3.8, 4) is 0 Å². The van der Waals surface area contributed by atoms with Crippen LogP contribution in [0.25, 0.3) is 0 Å². The van der Waals surface area contributed by atoms with E-state index >= 15 is 0 Å². The first kappa shape index (κ1) is 14.7. The zero-order chi connectivity index (χ0) is 14.5. The maximum absolute atomic E-state index is 5.87. The first-order chi connectivity index (χ1) is 9.54. The predicted octanol–water partition coefficient (Wildman–Crippen LogP) is 3.49. The van der Waals surface area contributed by atoms with Crippen LogP contribution in [-0.2, 0) is 0 Å². The molecule has 0 saturated carbocycles. The highest BCUT2D eigenvalue weighted by molar-refractivity contribution is 7.80. The van der Waals surface area contributed by atoms with E-state index in [0.717, 1.165) is 16.3 Å². The molecular weight excluding hydrogens is 292 g/mol. The van der Waals surface area contributed by atoms with Crippen molar-refractivity contribution in [2.24, 2.45) is 0 Å². The van der Waals surface area contributed by atoms with Crippen LogP contribution in [0.1, 0.15) is 24.2 Å². The fraction of sp³-hybridized carbons (Fsp3) is 0.214. The summed E-state index contributed by atoms with van der Waals surface area (Å²) < 4.78 is 0. The molecule has 0 aliphatic rings. The summed E-state index contributed by atoms with van der Waals surface area (Å²) in [6, 6.07) is 9.54. The molecule has 0 spiro atoms. The Balaban J connectivity index is 1.95. The number of nitrogens with zero attached hydrogens (tertiary/aromatic N) is 2. The fourth-order valence-electron chi connectivity index (χ4n) is 1.68. The summed E-state index contributed by atoms with van der Waals surface area (Å²) in [6.45, 7) is 3.92. The number of nitrogens with one attached hydrogen (secondary N) is 2. The van der Waals surface area contributed by atoms with E-state index in [-0.39, 0.29) is 6.04 Å². The molecule has 0 aliphatic heterocycles. The van der Waals surface area contributed by atoms with Gasteiger partial charge in [0.25, 0.3) is 0 Å². The van der Waals surface area contributed by atoms with Crippen LogP contribution >= 0.6 is 23.8 Å². The summed E-state index contributed by atoms with van der Waals surface area (Å²) in [6.07, 6.45) is 1.69. The van der Waals surface area contributed by atoms with Crippen molar-refractivity contribution in [2.45, 2.75) is 19.9 Å². The molecule has 6 heteroatoms. The summed E-state index contributed by atoms with van der Waals surface area (Å²) in [7, 11) is 0. The maximum Gasteiger partial charge on any atom is 0.229 e. The van der Waals surface area contributed by atoms with Gasteiger partial charge in [-0.15, -0.1) is 0 Å². The number of thiocarbonyl (C=S) groups is 1. The molecule has 0 saturated heterocycles. The molecule has 0 aliphatic carbocycles. The van der Waals surface area contributed by atoms with Gasteiger partial charge in [0.15, 0.2) is 5.11 Å². The van der Waals surface area contributed by atoms with Gasteiger partial charge in [-0.1, -0.05) is 23.7 Å². The van der Waals surface area contributed by atoms with Crippen molar-refractivity contribution in [1.82, 2.24) is 15.3 Å². The van der Waals surface area contributed by atoms with Crippen molar-refractivity contribution >= 4 is 34.9 Å². The number of rotatable bonds is 3. The Labute approximate surface area is 128 Å². The lowest BCUT2D eigenvalue weighted by molar-refractivity contribution is 0.722. The van der Waals surface area contributed by atoms with E-state index in [0.29, 0.717) is 11.1 Å². The molecule has 1 unspecified atom stereocenters. The zero-order valence-corrected chi connectivity index (χ0v) is 12.8. The Kier molecular flexibility index (Phi) is 4.87. The standard InChI is InChI=1S/C14H15ClN4S/c1-9-7-8-16-13(17-9)19-14(20)18-10(2)11-3-5-12(15)6-4-11/h3-8,10H,1-2H3,(H2,16,17,18,19,20). The van der Waals surface area contributed by atoms with Crippen molar-refractivity contribution in [2.75, 3.05) is 5.32 Å². The molecule has 1 heterocycles. The second-order valence-corrected chi connectivity index (χ2v) is 5.24. The smallest absolute Gasteiger partial charge is 0.229 e. The van der Waals surface area contributed by atoms with Crippen molar-refractivity contribution < 1.29 is 0 Å². The highest BCUT2D eigenvalue weighted by atomic mass is 35.5. The van der Waals surface area contributed by atoms with E-state index < -0.39 is 0 Å². The number of anilines is 1. The van der Waals surface area contributed by atoms with E-state index in [1.54, 1.807) is 6.20 Å². The van der Waals surface area contributed by atoms with Crippen molar-refractivity contribution in [3.05, 3.63) is 52.8 Å². The predicted molar refractivity (Wildman–Crippen MR) is 86.0 cm³/mol. The topological polar surface area (TPSA) is 49.8 Å². The minimum Gasteiger partial charge on any atom is -0.356 e. The third kappa shape index (κ3) is 4.15. The Morgan fingerprint density at radius 3 is 2.60 bits per heavy atom. The van der Waals surface area contributed by atoms with Crippen LogP contribution in [0.4, 0.5) is 5.95 Å². The fourth-order valence-corrected chi connectivity index (χ4v) is 2.07. The SMILES string of the molecule is Cc1ccnc(NC(=S)NC(C)c2ccc(Cl)cc2)n1. The second-order valence-electron chi connectivity index (χ2n) is 4.39. The molecule has 104 valence electrons. The molecule has 0 bridgehead atoms. The van der Waals surface area contributed by atoms with E-state index in [2.05, 4.69) is 20.6 Å². The number of aryl methyl sites for hydroxylation is 1. The molecule has 1 atom stereocenters. The van der Waals surface area contributed by atoms with E-state index in [1.165, 1.54) is 0 Å². The largest absolute Gasteiger partial charge is 0.356 e. The van der Waals surface area contributed by atoms with Gasteiger partial charge in [0.05, 0.1) is 6.04 Å². The molecule has 0 radical (unpaired) electrons. The van der Waals surface area contributed by atoms with Gasteiger partial charge in [-0.3, -0.25) is 0 Å². The minimum atomic E-state index is 0.0667. The van der Waals surface area contributed by atoms with Crippen LogP contribution in [0.15, 0.2) is 36.5 Å². The van der Waals surface area contributed by atoms with E-state index in [1.807, 2.05) is 44.2 Å². The Morgan fingerprint density at radius 1 is 1.25 bits per heavy atom. The molecule has 1 aromatic carbocycles. The first-order valence-corrected chi connectivity index (χ1v) is 6.96. The van der Waals surface area contributed by atoms with E-state index in [9.17, 15) is 0 Å². The van der Waals surface area contributed by atoms with Crippen molar-refractivity contribution in [3.63, 3.8) is 0 Å². The molecule has 0 fully saturated rings. The van der Waals surface area contributed by atoms with Crippen LogP contribution in [0.5, 0.6) is 0 Å². The maximum atomic E-state index is 5.87. The summed E-state index contributed by atoms with van der Waals surface area (Å²) in [5, 5.41) is 7.35. The lowest BCUT2D eigenvalue weighted by Gasteiger charge is -2.16. The lowest BCUT2D eigenvalue weighted by Crippen LogP contribution is -2.31. The third-order valence-corrected chi connectivity index (χ3v) is 3.21. The van der Waals surface area contributed by atoms with Crippen molar-refractivity contribution in [1.29, 1.82) is 0 Å². The van der Waals surface area contributed by atoms with Gasteiger partial charge in [0, 0.05) is 16.9 Å². The molecular formula is C14H15ClN4S. The Morgan fingerprint density at radius 2 is 1.95 bits per heavy atom. The zero-order valence-electron chi connectivity index (χ0n) is 11.2. The van der Waals surface area contributed by atoms with Gasteiger partial charge in [0.1, 0.15) is 0 Å². The van der Waals surface area contributed by atoms with Gasteiger partial charge in [-0.25, -0.2) is 9.97 Å². The van der Waals surface area contributed by atoms with Gasteiger partial charge < -0.3 is 10.6 Å². The second kappa shape index (κ2) is 6.63. The van der Waals surface area contributed by atoms with Gasteiger partial charge >= 0.3 is 0 Å². The monoisotopic (exact) mass is 306 g/mol. The van der Waals surface area contributed by atoms with Crippen LogP contribution in [0.3, 0.4) is 0 Å². The highest BCUT2D eigenvalue weighted by Crippen LogP contribution is 2.16. The normalized spacial score (nSPS) is 11.8. The number of hydrogen-bond acceptors (Lipinski definition) is 3. The molecule has 20 heavy (non-hydrogen) atoms. The minimum absolute atomic E-state index is 0.0667. The average Bonchev–Trinajstić information content (AvgIpc) is 2.39. The summed E-state index contributed by atoms with van der Waals surface area (Å²) in [5.74, 6) is 0.491. The highest BCUT2D eigenvalue weighted by Gasteiger charge is 2.08. The molecule has 1 aromatic heterocycles. The third-order valence-electron chi connectivity index (χ3n) is 2.74. The Hall–Kier alpha value is -1.72. The Bertz CT molecular complexity index is 600. The summed E-state index contributed by atoms with van der Waals surface area (Å²) >= 11 is 11.1. The molecule has 2 aromatic rings. The van der Waals surface area contributed by atoms with Crippen LogP contribution < -0.4 is 10.6 Å². The summed E-state index contributed by atoms with van der Waals surface area (Å²) in [4.78, 5) is 8.34. The summed E-state index contributed by atoms with van der Waals surface area (Å²) in [5.41, 5.74) is 1.99. The number of benzene rings is 1.